The summed E-state index contributed by atoms with van der Waals surface area (Å²) in [6.45, 7) is 0.912. The molecule has 4 nitrogen and oxygen atoms in total. The number of hydrogen-bond donors (Lipinski definition) is 2. The SMILES string of the molecule is Cc1[nH]ccc1C(=O)NCC1CCCCC1OCC(F)(F)F. The van der Waals surface area contributed by atoms with Crippen molar-refractivity contribution in [2.24, 2.45) is 5.92 Å². The third-order valence-corrected chi connectivity index (χ3v) is 4.02. The number of amides is 1. The average molecular weight is 318 g/mol. The number of ether oxygens (including phenoxy) is 1. The molecule has 2 rings (SSSR count). The van der Waals surface area contributed by atoms with Gasteiger partial charge in [0.2, 0.25) is 0 Å². The number of nitrogens with one attached hydrogen (secondary N) is 2. The average Bonchev–Trinajstić information content (AvgIpc) is 2.89. The van der Waals surface area contributed by atoms with E-state index in [1.807, 2.05) is 0 Å². The molecule has 1 aromatic heterocycles. The van der Waals surface area contributed by atoms with Crippen LogP contribution in [0, 0.1) is 12.8 Å². The van der Waals surface area contributed by atoms with Gasteiger partial charge in [0.1, 0.15) is 6.61 Å². The van der Waals surface area contributed by atoms with Gasteiger partial charge in [0.05, 0.1) is 11.7 Å². The zero-order chi connectivity index (χ0) is 16.2. The molecule has 1 aliphatic carbocycles. The molecule has 2 atom stereocenters. The van der Waals surface area contributed by atoms with Crippen LogP contribution < -0.4 is 5.32 Å². The van der Waals surface area contributed by atoms with Crippen LogP contribution in [-0.4, -0.2) is 36.3 Å². The molecule has 1 saturated carbocycles. The Morgan fingerprint density at radius 1 is 1.41 bits per heavy atom. The smallest absolute Gasteiger partial charge is 0.368 e. The summed E-state index contributed by atoms with van der Waals surface area (Å²) in [6, 6.07) is 1.68. The van der Waals surface area contributed by atoms with Gasteiger partial charge in [0.25, 0.3) is 5.91 Å². The highest BCUT2D eigenvalue weighted by atomic mass is 19.4. The monoisotopic (exact) mass is 318 g/mol. The largest absolute Gasteiger partial charge is 0.411 e. The topological polar surface area (TPSA) is 54.1 Å². The number of aromatic amines is 1. The van der Waals surface area contributed by atoms with Crippen molar-refractivity contribution in [3.63, 3.8) is 0 Å². The normalized spacial score (nSPS) is 22.5. The molecular weight excluding hydrogens is 297 g/mol. The van der Waals surface area contributed by atoms with E-state index in [0.29, 0.717) is 18.5 Å². The lowest BCUT2D eigenvalue weighted by Gasteiger charge is -2.31. The Morgan fingerprint density at radius 2 is 2.14 bits per heavy atom. The van der Waals surface area contributed by atoms with Gasteiger partial charge >= 0.3 is 6.18 Å². The van der Waals surface area contributed by atoms with E-state index >= 15 is 0 Å². The minimum Gasteiger partial charge on any atom is -0.368 e. The highest BCUT2D eigenvalue weighted by Gasteiger charge is 2.33. The van der Waals surface area contributed by atoms with Crippen LogP contribution in [0.15, 0.2) is 12.3 Å². The number of rotatable bonds is 5. The molecule has 124 valence electrons. The lowest BCUT2D eigenvalue weighted by Crippen LogP contribution is -2.39. The fourth-order valence-corrected chi connectivity index (χ4v) is 2.85. The van der Waals surface area contributed by atoms with Crippen molar-refractivity contribution in [3.8, 4) is 0 Å². The van der Waals surface area contributed by atoms with Crippen LogP contribution >= 0.6 is 0 Å². The summed E-state index contributed by atoms with van der Waals surface area (Å²) in [7, 11) is 0. The van der Waals surface area contributed by atoms with E-state index in [1.54, 1.807) is 19.2 Å². The Kier molecular flexibility index (Phi) is 5.50. The van der Waals surface area contributed by atoms with Crippen LogP contribution in [0.2, 0.25) is 0 Å². The molecule has 1 heterocycles. The number of H-pyrrole nitrogens is 1. The molecule has 2 unspecified atom stereocenters. The summed E-state index contributed by atoms with van der Waals surface area (Å²) in [4.78, 5) is 15.0. The summed E-state index contributed by atoms with van der Waals surface area (Å²) in [6.07, 6.45) is 0.130. The Morgan fingerprint density at radius 3 is 2.77 bits per heavy atom. The van der Waals surface area contributed by atoms with Gasteiger partial charge in [0, 0.05) is 24.4 Å². The molecule has 0 radical (unpaired) electrons. The highest BCUT2D eigenvalue weighted by molar-refractivity contribution is 5.95. The number of carbonyl (C=O) groups is 1. The second kappa shape index (κ2) is 7.17. The second-order valence-electron chi connectivity index (χ2n) is 5.74. The van der Waals surface area contributed by atoms with Crippen molar-refractivity contribution in [3.05, 3.63) is 23.5 Å². The maximum Gasteiger partial charge on any atom is 0.411 e. The van der Waals surface area contributed by atoms with Crippen molar-refractivity contribution in [1.82, 2.24) is 10.3 Å². The third-order valence-electron chi connectivity index (χ3n) is 4.02. The molecule has 1 fully saturated rings. The molecule has 0 spiro atoms. The Hall–Kier alpha value is -1.50. The molecule has 0 saturated heterocycles. The van der Waals surface area contributed by atoms with Gasteiger partial charge in [-0.3, -0.25) is 4.79 Å². The summed E-state index contributed by atoms with van der Waals surface area (Å²) < 4.78 is 41.9. The molecule has 2 N–H and O–H groups in total. The molecule has 1 amide bonds. The molecule has 1 aromatic rings. The van der Waals surface area contributed by atoms with E-state index in [9.17, 15) is 18.0 Å². The van der Waals surface area contributed by atoms with E-state index in [2.05, 4.69) is 10.3 Å². The van der Waals surface area contributed by atoms with Gasteiger partial charge in [-0.1, -0.05) is 12.8 Å². The van der Waals surface area contributed by atoms with Gasteiger partial charge in [-0.25, -0.2) is 0 Å². The quantitative estimate of drug-likeness (QED) is 0.876. The maximum absolute atomic E-state index is 12.3. The van der Waals surface area contributed by atoms with Gasteiger partial charge in [-0.05, 0) is 25.8 Å². The summed E-state index contributed by atoms with van der Waals surface area (Å²) >= 11 is 0. The Labute approximate surface area is 127 Å². The van der Waals surface area contributed by atoms with E-state index in [-0.39, 0.29) is 11.8 Å². The van der Waals surface area contributed by atoms with Crippen LogP contribution in [0.4, 0.5) is 13.2 Å². The van der Waals surface area contributed by atoms with Crippen molar-refractivity contribution in [1.29, 1.82) is 0 Å². The van der Waals surface area contributed by atoms with E-state index in [4.69, 9.17) is 4.74 Å². The van der Waals surface area contributed by atoms with Crippen LogP contribution in [-0.2, 0) is 4.74 Å². The lowest BCUT2D eigenvalue weighted by atomic mass is 9.86. The third kappa shape index (κ3) is 4.76. The van der Waals surface area contributed by atoms with Crippen molar-refractivity contribution >= 4 is 5.91 Å². The van der Waals surface area contributed by atoms with Crippen LogP contribution in [0.25, 0.3) is 0 Å². The molecule has 7 heteroatoms. The number of hydrogen-bond acceptors (Lipinski definition) is 2. The first-order valence-electron chi connectivity index (χ1n) is 7.47. The van der Waals surface area contributed by atoms with E-state index < -0.39 is 18.9 Å². The van der Waals surface area contributed by atoms with Gasteiger partial charge < -0.3 is 15.0 Å². The minimum atomic E-state index is -4.31. The standard InChI is InChI=1S/C15H21F3N2O2/c1-10-12(6-7-19-10)14(21)20-8-11-4-2-3-5-13(11)22-9-15(16,17)18/h6-7,11,13,19H,2-5,8-9H2,1H3,(H,20,21). The molecule has 0 aromatic carbocycles. The van der Waals surface area contributed by atoms with Crippen molar-refractivity contribution < 1.29 is 22.7 Å². The number of aromatic nitrogens is 1. The van der Waals surface area contributed by atoms with Crippen LogP contribution in [0.5, 0.6) is 0 Å². The van der Waals surface area contributed by atoms with Crippen molar-refractivity contribution in [2.75, 3.05) is 13.2 Å². The van der Waals surface area contributed by atoms with Crippen LogP contribution in [0.1, 0.15) is 41.7 Å². The lowest BCUT2D eigenvalue weighted by molar-refractivity contribution is -0.193. The zero-order valence-electron chi connectivity index (χ0n) is 12.5. The Balaban J connectivity index is 1.86. The second-order valence-corrected chi connectivity index (χ2v) is 5.74. The predicted molar refractivity (Wildman–Crippen MR) is 75.6 cm³/mol. The molecule has 22 heavy (non-hydrogen) atoms. The van der Waals surface area contributed by atoms with E-state index in [1.165, 1.54) is 0 Å². The van der Waals surface area contributed by atoms with Gasteiger partial charge in [-0.2, -0.15) is 13.2 Å². The van der Waals surface area contributed by atoms with E-state index in [0.717, 1.165) is 25.0 Å². The highest BCUT2D eigenvalue weighted by Crippen LogP contribution is 2.28. The van der Waals surface area contributed by atoms with Crippen molar-refractivity contribution in [2.45, 2.75) is 44.9 Å². The molecule has 0 bridgehead atoms. The first-order chi connectivity index (χ1) is 10.4. The first kappa shape index (κ1) is 16.9. The van der Waals surface area contributed by atoms with Gasteiger partial charge in [0.15, 0.2) is 0 Å². The first-order valence-corrected chi connectivity index (χ1v) is 7.47. The number of halogens is 3. The molecular formula is C15H21F3N2O2. The number of carbonyl (C=O) groups excluding carboxylic acids is 1. The number of alkyl halides is 3. The van der Waals surface area contributed by atoms with Gasteiger partial charge in [-0.15, -0.1) is 0 Å². The fourth-order valence-electron chi connectivity index (χ4n) is 2.85. The van der Waals surface area contributed by atoms with Crippen LogP contribution in [0.3, 0.4) is 0 Å². The fraction of sp³-hybridized carbons (Fsp3) is 0.667. The summed E-state index contributed by atoms with van der Waals surface area (Å²) in [5.74, 6) is -0.279. The molecule has 1 aliphatic rings. The summed E-state index contributed by atoms with van der Waals surface area (Å²) in [5.41, 5.74) is 1.33. The molecule has 0 aliphatic heterocycles. The Bertz CT molecular complexity index is 499. The maximum atomic E-state index is 12.3. The minimum absolute atomic E-state index is 0.0701. The number of aryl methyl sites for hydroxylation is 1. The predicted octanol–water partition coefficient (Wildman–Crippen LogP) is 3.19. The summed E-state index contributed by atoms with van der Waals surface area (Å²) in [5, 5.41) is 2.80. The zero-order valence-corrected chi connectivity index (χ0v) is 12.5.